The zero-order valence-electron chi connectivity index (χ0n) is 16.9. The number of carboxylic acids is 1. The van der Waals surface area contributed by atoms with Gasteiger partial charge in [-0.3, -0.25) is 9.59 Å². The molecule has 1 aliphatic heterocycles. The number of benzene rings is 1. The molecule has 0 unspecified atom stereocenters. The van der Waals surface area contributed by atoms with Gasteiger partial charge in [0.2, 0.25) is 0 Å². The van der Waals surface area contributed by atoms with Crippen molar-refractivity contribution in [3.05, 3.63) is 29.6 Å². The number of likely N-dealkylation sites (tertiary alicyclic amines) is 1. The van der Waals surface area contributed by atoms with Crippen LogP contribution in [-0.2, 0) is 18.3 Å². The van der Waals surface area contributed by atoms with E-state index in [4.69, 9.17) is 10.1 Å². The highest BCUT2D eigenvalue weighted by Crippen LogP contribution is 2.23. The van der Waals surface area contributed by atoms with Crippen LogP contribution in [0.4, 0.5) is 0 Å². The molecule has 1 amide bonds. The number of carbonyl (C=O) groups excluding carboxylic acids is 1. The van der Waals surface area contributed by atoms with Gasteiger partial charge in [0.15, 0.2) is 0 Å². The van der Waals surface area contributed by atoms with Crippen molar-refractivity contribution in [3.8, 4) is 0 Å². The number of piperidine rings is 1. The molecule has 7 nitrogen and oxygen atoms in total. The molecule has 0 atom stereocenters. The smallest absolute Gasteiger partial charge is 0.305 e. The van der Waals surface area contributed by atoms with Crippen molar-refractivity contribution in [1.82, 2.24) is 19.8 Å². The van der Waals surface area contributed by atoms with Crippen LogP contribution in [0.1, 0.15) is 41.9 Å². The van der Waals surface area contributed by atoms with Gasteiger partial charge >= 0.3 is 5.97 Å². The number of hydrogen-bond donors (Lipinski definition) is 2. The first-order valence-corrected chi connectivity index (χ1v) is 9.58. The zero-order chi connectivity index (χ0) is 19.4. The molecule has 1 aromatic heterocycles. The number of halogens is 2. The van der Waals surface area contributed by atoms with Gasteiger partial charge in [-0.1, -0.05) is 0 Å². The molecule has 1 aliphatic rings. The molecule has 1 saturated heterocycles. The number of rotatable bonds is 7. The Morgan fingerprint density at radius 2 is 1.90 bits per heavy atom. The topological polar surface area (TPSA) is 87.5 Å². The van der Waals surface area contributed by atoms with Crippen LogP contribution in [0.25, 0.3) is 11.0 Å². The fourth-order valence-electron chi connectivity index (χ4n) is 3.68. The van der Waals surface area contributed by atoms with Gasteiger partial charge < -0.3 is 19.9 Å². The fraction of sp³-hybridized carbons (Fsp3) is 0.550. The molecule has 0 saturated carbocycles. The lowest BCUT2D eigenvalue weighted by Gasteiger charge is -2.28. The Morgan fingerprint density at radius 1 is 1.21 bits per heavy atom. The second-order valence-electron chi connectivity index (χ2n) is 7.48. The van der Waals surface area contributed by atoms with Gasteiger partial charge in [0, 0.05) is 25.6 Å². The van der Waals surface area contributed by atoms with Gasteiger partial charge in [-0.05, 0) is 63.5 Å². The molecule has 2 aromatic rings. The molecule has 2 N–H and O–H groups in total. The van der Waals surface area contributed by atoms with Crippen molar-refractivity contribution in [1.29, 1.82) is 0 Å². The Morgan fingerprint density at radius 3 is 2.55 bits per heavy atom. The summed E-state index contributed by atoms with van der Waals surface area (Å²) >= 11 is 0. The van der Waals surface area contributed by atoms with E-state index in [2.05, 4.69) is 21.8 Å². The zero-order valence-corrected chi connectivity index (χ0v) is 20.3. The van der Waals surface area contributed by atoms with E-state index in [0.717, 1.165) is 35.6 Å². The number of aliphatic carboxylic acids is 1. The summed E-state index contributed by atoms with van der Waals surface area (Å²) < 4.78 is 2.11. The number of fused-ring (bicyclic) bond motifs is 1. The van der Waals surface area contributed by atoms with Crippen LogP contribution < -0.4 is 5.32 Å². The second kappa shape index (κ2) is 11.7. The molecule has 0 aliphatic carbocycles. The minimum absolute atomic E-state index is 0. The van der Waals surface area contributed by atoms with Gasteiger partial charge in [-0.25, -0.2) is 4.98 Å². The number of aryl methyl sites for hydroxylation is 2. The minimum Gasteiger partial charge on any atom is -0.481 e. The fourth-order valence-corrected chi connectivity index (χ4v) is 3.68. The number of imidazole rings is 1. The summed E-state index contributed by atoms with van der Waals surface area (Å²) in [4.78, 5) is 29.9. The molecule has 1 fully saturated rings. The maximum Gasteiger partial charge on any atom is 0.305 e. The van der Waals surface area contributed by atoms with E-state index < -0.39 is 5.97 Å². The van der Waals surface area contributed by atoms with E-state index in [1.54, 1.807) is 12.1 Å². The van der Waals surface area contributed by atoms with Crippen molar-refractivity contribution in [3.63, 3.8) is 0 Å². The highest BCUT2D eigenvalue weighted by atomic mass is 79.9. The number of amides is 1. The van der Waals surface area contributed by atoms with E-state index in [9.17, 15) is 9.59 Å². The Hall–Kier alpha value is -1.45. The van der Waals surface area contributed by atoms with Crippen LogP contribution in [0.5, 0.6) is 0 Å². The summed E-state index contributed by atoms with van der Waals surface area (Å²) in [5.74, 6) is 0.616. The van der Waals surface area contributed by atoms with Gasteiger partial charge in [-0.15, -0.1) is 34.0 Å². The van der Waals surface area contributed by atoms with Gasteiger partial charge in [-0.2, -0.15) is 0 Å². The number of hydrogen-bond acceptors (Lipinski definition) is 4. The standard InChI is InChI=1S/C20H28N4O3.2BrH/c1-23-11-8-14(9-12-23)3-6-18-22-16-13-15(4-5-17(16)24(18)2)20(27)21-10-7-19(25)26;;/h4-5,13-14H,3,6-12H2,1-2H3,(H,21,27)(H,25,26);2*1H. The maximum absolute atomic E-state index is 12.2. The summed E-state index contributed by atoms with van der Waals surface area (Å²) in [7, 11) is 4.20. The minimum atomic E-state index is -0.926. The van der Waals surface area contributed by atoms with E-state index in [-0.39, 0.29) is 52.8 Å². The Balaban J connectivity index is 0.00000210. The Bertz CT molecular complexity index is 832. The third-order valence-corrected chi connectivity index (χ3v) is 5.47. The van der Waals surface area contributed by atoms with Crippen LogP contribution in [0, 0.1) is 5.92 Å². The lowest BCUT2D eigenvalue weighted by atomic mass is 9.92. The maximum atomic E-state index is 12.2. The quantitative estimate of drug-likeness (QED) is 0.570. The molecule has 0 bridgehead atoms. The summed E-state index contributed by atoms with van der Waals surface area (Å²) in [5, 5.41) is 11.3. The third kappa shape index (κ3) is 6.79. The molecular weight excluding hydrogens is 504 g/mol. The monoisotopic (exact) mass is 532 g/mol. The Kier molecular flexibility index (Phi) is 10.3. The first-order chi connectivity index (χ1) is 12.9. The van der Waals surface area contributed by atoms with Crippen LogP contribution in [0.15, 0.2) is 18.2 Å². The largest absolute Gasteiger partial charge is 0.481 e. The average molecular weight is 534 g/mol. The van der Waals surface area contributed by atoms with Crippen LogP contribution in [0.3, 0.4) is 0 Å². The van der Waals surface area contributed by atoms with Crippen molar-refractivity contribution < 1.29 is 14.7 Å². The van der Waals surface area contributed by atoms with Crippen LogP contribution >= 0.6 is 34.0 Å². The molecule has 9 heteroatoms. The summed E-state index contributed by atoms with van der Waals surface area (Å²) in [6.07, 6.45) is 4.51. The lowest BCUT2D eigenvalue weighted by molar-refractivity contribution is -0.136. The lowest BCUT2D eigenvalue weighted by Crippen LogP contribution is -2.30. The molecule has 29 heavy (non-hydrogen) atoms. The van der Waals surface area contributed by atoms with Crippen molar-refractivity contribution in [2.75, 3.05) is 26.7 Å². The highest BCUT2D eigenvalue weighted by Gasteiger charge is 2.18. The van der Waals surface area contributed by atoms with E-state index in [0.29, 0.717) is 5.56 Å². The van der Waals surface area contributed by atoms with Gasteiger partial charge in [0.05, 0.1) is 17.5 Å². The van der Waals surface area contributed by atoms with Gasteiger partial charge in [0.1, 0.15) is 5.82 Å². The van der Waals surface area contributed by atoms with Crippen LogP contribution in [0.2, 0.25) is 0 Å². The molecule has 1 aromatic carbocycles. The molecule has 0 spiro atoms. The van der Waals surface area contributed by atoms with Crippen molar-refractivity contribution in [2.45, 2.75) is 32.1 Å². The second-order valence-corrected chi connectivity index (χ2v) is 7.48. The normalized spacial score (nSPS) is 14.8. The van der Waals surface area contributed by atoms with E-state index >= 15 is 0 Å². The van der Waals surface area contributed by atoms with E-state index in [1.807, 2.05) is 13.1 Å². The summed E-state index contributed by atoms with van der Waals surface area (Å²) in [5.41, 5.74) is 2.32. The molecule has 3 rings (SSSR count). The first kappa shape index (κ1) is 25.6. The number of nitrogens with one attached hydrogen (secondary N) is 1. The molecule has 162 valence electrons. The van der Waals surface area contributed by atoms with Crippen molar-refractivity contribution >= 4 is 56.9 Å². The number of aromatic nitrogens is 2. The van der Waals surface area contributed by atoms with Crippen LogP contribution in [-0.4, -0.2) is 58.1 Å². The average Bonchev–Trinajstić information content (AvgIpc) is 2.96. The highest BCUT2D eigenvalue weighted by molar-refractivity contribution is 8.93. The molecule has 0 radical (unpaired) electrons. The predicted octanol–water partition coefficient (Wildman–Crippen LogP) is 3.21. The first-order valence-electron chi connectivity index (χ1n) is 9.58. The molecule has 2 heterocycles. The number of nitrogens with zero attached hydrogens (tertiary/aromatic N) is 3. The predicted molar refractivity (Wildman–Crippen MR) is 124 cm³/mol. The SMILES string of the molecule is Br.Br.CN1CCC(CCc2nc3cc(C(=O)NCCC(=O)O)ccc3n2C)CC1. The van der Waals surface area contributed by atoms with E-state index in [1.165, 1.54) is 25.9 Å². The Labute approximate surface area is 192 Å². The molecular formula is C20H30Br2N4O3. The van der Waals surface area contributed by atoms with Gasteiger partial charge in [0.25, 0.3) is 5.91 Å². The number of carbonyl (C=O) groups is 2. The number of carboxylic acid groups (broad SMARTS) is 1. The summed E-state index contributed by atoms with van der Waals surface area (Å²) in [6, 6.07) is 5.46. The third-order valence-electron chi connectivity index (χ3n) is 5.47. The van der Waals surface area contributed by atoms with Crippen molar-refractivity contribution in [2.24, 2.45) is 13.0 Å². The summed E-state index contributed by atoms with van der Waals surface area (Å²) in [6.45, 7) is 2.47.